The van der Waals surface area contributed by atoms with Gasteiger partial charge in [-0.1, -0.05) is 26.3 Å². The Labute approximate surface area is 185 Å². The van der Waals surface area contributed by atoms with Gasteiger partial charge in [0.25, 0.3) is 5.91 Å². The molecule has 0 fully saturated rings. The summed E-state index contributed by atoms with van der Waals surface area (Å²) in [4.78, 5) is 12.5. The Morgan fingerprint density at radius 2 is 2.00 bits per heavy atom. The van der Waals surface area contributed by atoms with Crippen LogP contribution >= 0.6 is 15.9 Å². The van der Waals surface area contributed by atoms with Gasteiger partial charge in [0.1, 0.15) is 11.3 Å². The van der Waals surface area contributed by atoms with Gasteiger partial charge in [0, 0.05) is 10.0 Å². The molecule has 3 heterocycles. The molecule has 0 spiro atoms. The molecule has 0 saturated heterocycles. The molecule has 0 aliphatic rings. The van der Waals surface area contributed by atoms with Crippen LogP contribution in [0.2, 0.25) is 0 Å². The molecule has 5 rings (SSSR count). The van der Waals surface area contributed by atoms with Gasteiger partial charge in [-0.2, -0.15) is 0 Å². The fourth-order valence-electron chi connectivity index (χ4n) is 3.32. The number of carbonyl (C=O) groups excluding carboxylic acids is 1. The SMILES string of the molecule is Cc1c(C(=O)NCc2ccco2)nnn1-c1ccc2noc(-c3ccc(Br)cc3)c2c1. The normalized spacial score (nSPS) is 11.2. The van der Waals surface area contributed by atoms with E-state index in [1.165, 1.54) is 0 Å². The fraction of sp³-hybridized carbons (Fsp3) is 0.0909. The highest BCUT2D eigenvalue weighted by Gasteiger charge is 2.19. The van der Waals surface area contributed by atoms with Gasteiger partial charge in [0.2, 0.25) is 0 Å². The van der Waals surface area contributed by atoms with Gasteiger partial charge in [-0.3, -0.25) is 4.79 Å². The lowest BCUT2D eigenvalue weighted by Gasteiger charge is -2.05. The predicted molar refractivity (Wildman–Crippen MR) is 117 cm³/mol. The molecule has 3 aromatic heterocycles. The first-order valence-corrected chi connectivity index (χ1v) is 10.3. The third-order valence-electron chi connectivity index (χ3n) is 4.92. The predicted octanol–water partition coefficient (Wildman–Crippen LogP) is 4.67. The molecule has 0 saturated carbocycles. The Balaban J connectivity index is 1.46. The van der Waals surface area contributed by atoms with E-state index in [0.717, 1.165) is 26.6 Å². The number of halogens is 1. The molecular formula is C22H16BrN5O3. The summed E-state index contributed by atoms with van der Waals surface area (Å²) in [5.74, 6) is 1.01. The third kappa shape index (κ3) is 3.64. The van der Waals surface area contributed by atoms with E-state index in [1.54, 1.807) is 30.0 Å². The average Bonchev–Trinajstić information content (AvgIpc) is 3.52. The summed E-state index contributed by atoms with van der Waals surface area (Å²) >= 11 is 3.44. The number of hydrogen-bond donors (Lipinski definition) is 1. The van der Waals surface area contributed by atoms with Gasteiger partial charge in [-0.25, -0.2) is 4.68 Å². The highest BCUT2D eigenvalue weighted by Crippen LogP contribution is 2.31. The monoisotopic (exact) mass is 477 g/mol. The van der Waals surface area contributed by atoms with Crippen LogP contribution in [0.4, 0.5) is 0 Å². The number of fused-ring (bicyclic) bond motifs is 1. The lowest BCUT2D eigenvalue weighted by Crippen LogP contribution is -2.23. The summed E-state index contributed by atoms with van der Waals surface area (Å²) in [5.41, 5.74) is 3.28. The van der Waals surface area contributed by atoms with Crippen molar-refractivity contribution in [3.63, 3.8) is 0 Å². The van der Waals surface area contributed by atoms with Crippen molar-refractivity contribution in [1.82, 2.24) is 25.5 Å². The van der Waals surface area contributed by atoms with Crippen LogP contribution in [0.3, 0.4) is 0 Å². The van der Waals surface area contributed by atoms with E-state index in [-0.39, 0.29) is 18.1 Å². The summed E-state index contributed by atoms with van der Waals surface area (Å²) in [7, 11) is 0. The van der Waals surface area contributed by atoms with Gasteiger partial charge in [0.05, 0.1) is 29.6 Å². The highest BCUT2D eigenvalue weighted by atomic mass is 79.9. The molecule has 0 radical (unpaired) electrons. The van der Waals surface area contributed by atoms with Gasteiger partial charge < -0.3 is 14.3 Å². The molecule has 0 aliphatic carbocycles. The number of benzene rings is 2. The highest BCUT2D eigenvalue weighted by molar-refractivity contribution is 9.10. The first kappa shape index (κ1) is 19.3. The number of aromatic nitrogens is 4. The van der Waals surface area contributed by atoms with E-state index < -0.39 is 0 Å². The van der Waals surface area contributed by atoms with Crippen LogP contribution in [0, 0.1) is 6.92 Å². The van der Waals surface area contributed by atoms with E-state index in [9.17, 15) is 4.79 Å². The molecule has 0 bridgehead atoms. The quantitative estimate of drug-likeness (QED) is 0.394. The van der Waals surface area contributed by atoms with Crippen molar-refractivity contribution >= 4 is 32.7 Å². The van der Waals surface area contributed by atoms with Crippen molar-refractivity contribution in [2.24, 2.45) is 0 Å². The topological polar surface area (TPSA) is 99.0 Å². The van der Waals surface area contributed by atoms with Gasteiger partial charge >= 0.3 is 0 Å². The fourth-order valence-corrected chi connectivity index (χ4v) is 3.58. The molecule has 5 aromatic rings. The average molecular weight is 478 g/mol. The Hall–Kier alpha value is -3.72. The van der Waals surface area contributed by atoms with Crippen LogP contribution < -0.4 is 5.32 Å². The second-order valence-electron chi connectivity index (χ2n) is 6.92. The number of nitrogens with one attached hydrogen (secondary N) is 1. The third-order valence-corrected chi connectivity index (χ3v) is 5.45. The minimum absolute atomic E-state index is 0.255. The molecule has 31 heavy (non-hydrogen) atoms. The zero-order chi connectivity index (χ0) is 21.4. The maximum atomic E-state index is 12.5. The standard InChI is InChI=1S/C22H16BrN5O3/c1-13-20(22(29)24-12-17-3-2-10-30-17)25-27-28(13)16-8-9-19-18(11-16)21(31-26-19)14-4-6-15(23)7-5-14/h2-11H,12H2,1H3,(H,24,29). The van der Waals surface area contributed by atoms with Crippen molar-refractivity contribution in [2.45, 2.75) is 13.5 Å². The van der Waals surface area contributed by atoms with Crippen molar-refractivity contribution in [1.29, 1.82) is 0 Å². The van der Waals surface area contributed by atoms with Crippen LogP contribution in [-0.2, 0) is 6.54 Å². The molecule has 2 aromatic carbocycles. The second-order valence-corrected chi connectivity index (χ2v) is 7.83. The van der Waals surface area contributed by atoms with Crippen LogP contribution in [-0.4, -0.2) is 26.1 Å². The summed E-state index contributed by atoms with van der Waals surface area (Å²) in [6.45, 7) is 2.08. The Kier molecular flexibility index (Phi) is 4.87. The van der Waals surface area contributed by atoms with E-state index in [0.29, 0.717) is 17.2 Å². The Morgan fingerprint density at radius 1 is 1.16 bits per heavy atom. The van der Waals surface area contributed by atoms with Gasteiger partial charge in [0.15, 0.2) is 11.5 Å². The number of furan rings is 1. The minimum atomic E-state index is -0.318. The number of carbonyl (C=O) groups is 1. The number of amides is 1. The van der Waals surface area contributed by atoms with Crippen LogP contribution in [0.15, 0.2) is 74.3 Å². The van der Waals surface area contributed by atoms with E-state index in [2.05, 4.69) is 36.7 Å². The first-order chi connectivity index (χ1) is 15.1. The Bertz CT molecular complexity index is 1370. The molecule has 9 heteroatoms. The second kappa shape index (κ2) is 7.84. The van der Waals surface area contributed by atoms with Crippen molar-refractivity contribution in [2.75, 3.05) is 0 Å². The minimum Gasteiger partial charge on any atom is -0.467 e. The number of hydrogen-bond acceptors (Lipinski definition) is 6. The molecular weight excluding hydrogens is 462 g/mol. The van der Waals surface area contributed by atoms with Crippen molar-refractivity contribution < 1.29 is 13.7 Å². The van der Waals surface area contributed by atoms with Crippen molar-refractivity contribution in [3.8, 4) is 17.0 Å². The maximum Gasteiger partial charge on any atom is 0.274 e. The van der Waals surface area contributed by atoms with Gasteiger partial charge in [-0.15, -0.1) is 5.10 Å². The smallest absolute Gasteiger partial charge is 0.274 e. The van der Waals surface area contributed by atoms with Crippen LogP contribution in [0.5, 0.6) is 0 Å². The summed E-state index contributed by atoms with van der Waals surface area (Å²) in [6, 6.07) is 17.0. The van der Waals surface area contributed by atoms with Crippen LogP contribution in [0.1, 0.15) is 21.9 Å². The zero-order valence-corrected chi connectivity index (χ0v) is 18.0. The van der Waals surface area contributed by atoms with E-state index in [4.69, 9.17) is 8.94 Å². The molecule has 154 valence electrons. The van der Waals surface area contributed by atoms with Crippen molar-refractivity contribution in [3.05, 3.63) is 82.5 Å². The number of nitrogens with zero attached hydrogens (tertiary/aromatic N) is 4. The maximum absolute atomic E-state index is 12.5. The largest absolute Gasteiger partial charge is 0.467 e. The molecule has 0 atom stereocenters. The molecule has 1 amide bonds. The van der Waals surface area contributed by atoms with E-state index >= 15 is 0 Å². The zero-order valence-electron chi connectivity index (χ0n) is 16.4. The molecule has 1 N–H and O–H groups in total. The lowest BCUT2D eigenvalue weighted by molar-refractivity contribution is 0.0942. The van der Waals surface area contributed by atoms with E-state index in [1.807, 2.05) is 42.5 Å². The molecule has 8 nitrogen and oxygen atoms in total. The number of rotatable bonds is 5. The molecule has 0 unspecified atom stereocenters. The van der Waals surface area contributed by atoms with Gasteiger partial charge in [-0.05, 0) is 61.5 Å². The molecule has 0 aliphatic heterocycles. The summed E-state index contributed by atoms with van der Waals surface area (Å²) < 4.78 is 13.4. The summed E-state index contributed by atoms with van der Waals surface area (Å²) in [5, 5.41) is 16.0. The summed E-state index contributed by atoms with van der Waals surface area (Å²) in [6.07, 6.45) is 1.56. The lowest BCUT2D eigenvalue weighted by atomic mass is 10.1. The Morgan fingerprint density at radius 3 is 2.77 bits per heavy atom. The first-order valence-electron chi connectivity index (χ1n) is 9.49. The van der Waals surface area contributed by atoms with Crippen LogP contribution in [0.25, 0.3) is 27.9 Å².